The lowest BCUT2D eigenvalue weighted by atomic mass is 10.2. The second kappa shape index (κ2) is 6.34. The van der Waals surface area contributed by atoms with Gasteiger partial charge >= 0.3 is 17.9 Å². The molecule has 7 nitrogen and oxygen atoms in total. The van der Waals surface area contributed by atoms with E-state index in [-0.39, 0.29) is 13.0 Å². The Morgan fingerprint density at radius 3 is 2.17 bits per heavy atom. The summed E-state index contributed by atoms with van der Waals surface area (Å²) in [6, 6.07) is 0. The fourth-order valence-electron chi connectivity index (χ4n) is 1.62. The summed E-state index contributed by atoms with van der Waals surface area (Å²) < 4.78 is 20.0. The summed E-state index contributed by atoms with van der Waals surface area (Å²) in [5.41, 5.74) is 0. The molecule has 0 aromatic carbocycles. The van der Waals surface area contributed by atoms with Crippen molar-refractivity contribution in [1.82, 2.24) is 0 Å². The van der Waals surface area contributed by atoms with Gasteiger partial charge in [-0.15, -0.1) is 0 Å². The van der Waals surface area contributed by atoms with Crippen molar-refractivity contribution in [3.05, 3.63) is 0 Å². The highest BCUT2D eigenvalue weighted by Crippen LogP contribution is 2.24. The molecule has 2 unspecified atom stereocenters. The third kappa shape index (κ3) is 4.70. The number of rotatable bonds is 4. The molecule has 0 aromatic rings. The molecule has 0 radical (unpaired) electrons. The lowest BCUT2D eigenvalue weighted by Crippen LogP contribution is -2.31. The molecule has 0 N–H and O–H groups in total. The summed E-state index contributed by atoms with van der Waals surface area (Å²) in [7, 11) is 0. The minimum absolute atomic E-state index is 0.0506. The highest BCUT2D eigenvalue weighted by molar-refractivity contribution is 5.67. The van der Waals surface area contributed by atoms with Crippen LogP contribution in [0.5, 0.6) is 0 Å². The predicted octanol–water partition coefficient (Wildman–Crippen LogP) is 0.159. The van der Waals surface area contributed by atoms with Crippen molar-refractivity contribution in [2.45, 2.75) is 45.7 Å². The van der Waals surface area contributed by atoms with Crippen LogP contribution in [0, 0.1) is 0 Å². The van der Waals surface area contributed by atoms with Crippen LogP contribution in [0.2, 0.25) is 0 Å². The normalized spacial score (nSPS) is 26.5. The van der Waals surface area contributed by atoms with Gasteiger partial charge < -0.3 is 18.9 Å². The van der Waals surface area contributed by atoms with Crippen LogP contribution < -0.4 is 0 Å². The van der Waals surface area contributed by atoms with Gasteiger partial charge in [0, 0.05) is 20.8 Å². The van der Waals surface area contributed by atoms with Gasteiger partial charge in [0.1, 0.15) is 18.8 Å². The van der Waals surface area contributed by atoms with E-state index >= 15 is 0 Å². The maximum Gasteiger partial charge on any atom is 0.304 e. The molecule has 7 heteroatoms. The van der Waals surface area contributed by atoms with Gasteiger partial charge in [-0.2, -0.15) is 0 Å². The van der Waals surface area contributed by atoms with Crippen molar-refractivity contribution in [3.63, 3.8) is 0 Å². The van der Waals surface area contributed by atoms with Crippen LogP contribution in [0.3, 0.4) is 0 Å². The Hall–Kier alpha value is -1.63. The molecular formula is C11H16O7. The van der Waals surface area contributed by atoms with Gasteiger partial charge in [0.2, 0.25) is 6.29 Å². The van der Waals surface area contributed by atoms with E-state index < -0.39 is 36.4 Å². The fourth-order valence-corrected chi connectivity index (χ4v) is 1.62. The zero-order chi connectivity index (χ0) is 13.7. The van der Waals surface area contributed by atoms with E-state index in [0.29, 0.717) is 0 Å². The van der Waals surface area contributed by atoms with Crippen molar-refractivity contribution in [3.8, 4) is 0 Å². The molecule has 0 aromatic heterocycles. The maximum atomic E-state index is 10.9. The zero-order valence-electron chi connectivity index (χ0n) is 10.5. The van der Waals surface area contributed by atoms with Gasteiger partial charge in [0.15, 0.2) is 0 Å². The van der Waals surface area contributed by atoms with Crippen LogP contribution in [-0.4, -0.2) is 43.0 Å². The fraction of sp³-hybridized carbons (Fsp3) is 0.727. The van der Waals surface area contributed by atoms with Crippen molar-refractivity contribution in [2.24, 2.45) is 0 Å². The van der Waals surface area contributed by atoms with Gasteiger partial charge in [0.05, 0.1) is 6.42 Å². The number of carbonyl (C=O) groups excluding carboxylic acids is 3. The number of hydrogen-bond acceptors (Lipinski definition) is 7. The Morgan fingerprint density at radius 2 is 1.67 bits per heavy atom. The lowest BCUT2D eigenvalue weighted by Gasteiger charge is -2.17. The Labute approximate surface area is 104 Å². The van der Waals surface area contributed by atoms with E-state index in [9.17, 15) is 14.4 Å². The standard InChI is InChI=1S/C11H16O7/c1-6(12)15-5-10-9(16-7(2)13)4-11(18-10)17-8(3)14/h9-11H,4-5H2,1-3H3/t9?,10-,11?/m1/s1. The molecule has 0 bridgehead atoms. The monoisotopic (exact) mass is 260 g/mol. The molecule has 1 aliphatic heterocycles. The summed E-state index contributed by atoms with van der Waals surface area (Å²) in [4.78, 5) is 32.4. The summed E-state index contributed by atoms with van der Waals surface area (Å²) in [6.45, 7) is 3.73. The van der Waals surface area contributed by atoms with Crippen LogP contribution >= 0.6 is 0 Å². The first-order valence-corrected chi connectivity index (χ1v) is 5.51. The zero-order valence-corrected chi connectivity index (χ0v) is 10.5. The third-order valence-corrected chi connectivity index (χ3v) is 2.23. The molecular weight excluding hydrogens is 244 g/mol. The van der Waals surface area contributed by atoms with Gasteiger partial charge in [-0.05, 0) is 0 Å². The van der Waals surface area contributed by atoms with Crippen molar-refractivity contribution >= 4 is 17.9 Å². The molecule has 0 amide bonds. The Bertz CT molecular complexity index is 338. The Kier molecular flexibility index (Phi) is 5.08. The molecule has 1 saturated heterocycles. The molecule has 0 spiro atoms. The summed E-state index contributed by atoms with van der Waals surface area (Å²) in [6.07, 6.45) is -1.77. The molecule has 0 saturated carbocycles. The van der Waals surface area contributed by atoms with Crippen LogP contribution in [0.4, 0.5) is 0 Å². The molecule has 1 rings (SSSR count). The SMILES string of the molecule is CC(=O)OC[C@H]1OC(OC(C)=O)CC1OC(C)=O. The van der Waals surface area contributed by atoms with E-state index in [1.54, 1.807) is 0 Å². The average molecular weight is 260 g/mol. The van der Waals surface area contributed by atoms with Crippen LogP contribution in [0.1, 0.15) is 27.2 Å². The van der Waals surface area contributed by atoms with Crippen LogP contribution in [0.25, 0.3) is 0 Å². The molecule has 18 heavy (non-hydrogen) atoms. The quantitative estimate of drug-likeness (QED) is 0.525. The molecule has 1 fully saturated rings. The second-order valence-corrected chi connectivity index (χ2v) is 3.90. The maximum absolute atomic E-state index is 10.9. The highest BCUT2D eigenvalue weighted by atomic mass is 16.7. The third-order valence-electron chi connectivity index (χ3n) is 2.23. The number of esters is 3. The van der Waals surface area contributed by atoms with Crippen LogP contribution in [0.15, 0.2) is 0 Å². The number of carbonyl (C=O) groups is 3. The highest BCUT2D eigenvalue weighted by Gasteiger charge is 2.39. The summed E-state index contributed by atoms with van der Waals surface area (Å²) in [5, 5.41) is 0. The van der Waals surface area contributed by atoms with Gasteiger partial charge in [-0.3, -0.25) is 14.4 Å². The Balaban J connectivity index is 2.56. The minimum Gasteiger partial charge on any atom is -0.463 e. The van der Waals surface area contributed by atoms with Gasteiger partial charge in [-0.25, -0.2) is 0 Å². The van der Waals surface area contributed by atoms with Crippen molar-refractivity contribution in [1.29, 1.82) is 0 Å². The molecule has 1 heterocycles. The van der Waals surface area contributed by atoms with E-state index in [1.165, 1.54) is 20.8 Å². The van der Waals surface area contributed by atoms with E-state index in [0.717, 1.165) is 0 Å². The minimum atomic E-state index is -0.785. The van der Waals surface area contributed by atoms with E-state index in [4.69, 9.17) is 18.9 Å². The largest absolute Gasteiger partial charge is 0.463 e. The molecule has 3 atom stereocenters. The topological polar surface area (TPSA) is 88.1 Å². The first kappa shape index (κ1) is 14.4. The molecule has 0 aliphatic carbocycles. The van der Waals surface area contributed by atoms with Gasteiger partial charge in [0.25, 0.3) is 0 Å². The van der Waals surface area contributed by atoms with Crippen molar-refractivity contribution in [2.75, 3.05) is 6.61 Å². The molecule has 102 valence electrons. The van der Waals surface area contributed by atoms with Crippen molar-refractivity contribution < 1.29 is 33.3 Å². The average Bonchev–Trinajstić information content (AvgIpc) is 2.55. The number of hydrogen-bond donors (Lipinski definition) is 0. The first-order chi connectivity index (χ1) is 8.38. The molecule has 1 aliphatic rings. The van der Waals surface area contributed by atoms with Crippen LogP contribution in [-0.2, 0) is 33.3 Å². The first-order valence-electron chi connectivity index (χ1n) is 5.51. The lowest BCUT2D eigenvalue weighted by molar-refractivity contribution is -0.179. The Morgan fingerprint density at radius 1 is 1.06 bits per heavy atom. The predicted molar refractivity (Wildman–Crippen MR) is 57.2 cm³/mol. The summed E-state index contributed by atoms with van der Waals surface area (Å²) in [5.74, 6) is -1.43. The summed E-state index contributed by atoms with van der Waals surface area (Å²) >= 11 is 0. The van der Waals surface area contributed by atoms with Gasteiger partial charge in [-0.1, -0.05) is 0 Å². The van der Waals surface area contributed by atoms with E-state index in [1.807, 2.05) is 0 Å². The number of ether oxygens (including phenoxy) is 4. The second-order valence-electron chi connectivity index (χ2n) is 3.90. The smallest absolute Gasteiger partial charge is 0.304 e. The van der Waals surface area contributed by atoms with E-state index in [2.05, 4.69) is 0 Å².